The number of oxazole rings is 1. The first kappa shape index (κ1) is 16.2. The van der Waals surface area contributed by atoms with E-state index in [-0.39, 0.29) is 17.8 Å². The van der Waals surface area contributed by atoms with Gasteiger partial charge in [0, 0.05) is 17.8 Å². The van der Waals surface area contributed by atoms with Crippen molar-refractivity contribution in [1.82, 2.24) is 4.57 Å². The quantitative estimate of drug-likeness (QED) is 0.560. The third kappa shape index (κ3) is 3.34. The van der Waals surface area contributed by atoms with Gasteiger partial charge in [-0.3, -0.25) is 19.5 Å². The van der Waals surface area contributed by atoms with Gasteiger partial charge >= 0.3 is 5.76 Å². The number of fused-ring (bicyclic) bond motifs is 1. The van der Waals surface area contributed by atoms with Gasteiger partial charge in [0.15, 0.2) is 5.58 Å². The molecule has 2 aromatic carbocycles. The van der Waals surface area contributed by atoms with E-state index < -0.39 is 16.6 Å². The summed E-state index contributed by atoms with van der Waals surface area (Å²) in [5.41, 5.74) is 0.667. The van der Waals surface area contributed by atoms with Gasteiger partial charge in [-0.25, -0.2) is 4.79 Å². The Morgan fingerprint density at radius 1 is 1.32 bits per heavy atom. The number of hydrogen-bond donors (Lipinski definition) is 1. The molecule has 0 aliphatic rings. The SMILES string of the molecule is COc1cccc(NC(=O)Cn2c(=O)oc3cc([N+](=O)[O-])ccc32)c1. The molecule has 9 nitrogen and oxygen atoms in total. The summed E-state index contributed by atoms with van der Waals surface area (Å²) in [5, 5.41) is 13.4. The molecule has 0 unspecified atom stereocenters. The van der Waals surface area contributed by atoms with E-state index >= 15 is 0 Å². The van der Waals surface area contributed by atoms with Gasteiger partial charge in [-0.2, -0.15) is 0 Å². The summed E-state index contributed by atoms with van der Waals surface area (Å²) >= 11 is 0. The second kappa shape index (κ2) is 6.48. The van der Waals surface area contributed by atoms with Gasteiger partial charge in [-0.15, -0.1) is 0 Å². The summed E-state index contributed by atoms with van der Waals surface area (Å²) in [6, 6.07) is 10.5. The average molecular weight is 343 g/mol. The second-order valence-electron chi connectivity index (χ2n) is 5.14. The molecule has 3 aromatic rings. The lowest BCUT2D eigenvalue weighted by molar-refractivity contribution is -0.384. The van der Waals surface area contributed by atoms with Crippen molar-refractivity contribution in [2.45, 2.75) is 6.54 Å². The van der Waals surface area contributed by atoms with Gasteiger partial charge in [0.2, 0.25) is 5.91 Å². The molecule has 0 bridgehead atoms. The number of nitrogens with one attached hydrogen (secondary N) is 1. The molecular weight excluding hydrogens is 330 g/mol. The molecule has 0 saturated heterocycles. The lowest BCUT2D eigenvalue weighted by Gasteiger charge is -2.07. The third-order valence-corrected chi connectivity index (χ3v) is 3.52. The summed E-state index contributed by atoms with van der Waals surface area (Å²) in [6.45, 7) is -0.291. The van der Waals surface area contributed by atoms with Crippen molar-refractivity contribution < 1.29 is 18.9 Å². The third-order valence-electron chi connectivity index (χ3n) is 3.52. The van der Waals surface area contributed by atoms with Crippen LogP contribution in [0.1, 0.15) is 0 Å². The van der Waals surface area contributed by atoms with E-state index in [9.17, 15) is 19.7 Å². The highest BCUT2D eigenvalue weighted by Crippen LogP contribution is 2.20. The number of aromatic nitrogens is 1. The van der Waals surface area contributed by atoms with Crippen LogP contribution in [0.25, 0.3) is 11.1 Å². The Morgan fingerprint density at radius 3 is 2.84 bits per heavy atom. The Kier molecular flexibility index (Phi) is 4.21. The van der Waals surface area contributed by atoms with Crippen molar-refractivity contribution in [3.63, 3.8) is 0 Å². The van der Waals surface area contributed by atoms with Crippen LogP contribution in [0.4, 0.5) is 11.4 Å². The van der Waals surface area contributed by atoms with Crippen molar-refractivity contribution in [2.24, 2.45) is 0 Å². The van der Waals surface area contributed by atoms with Gasteiger partial charge in [-0.05, 0) is 18.2 Å². The van der Waals surface area contributed by atoms with Gasteiger partial charge in [0.1, 0.15) is 12.3 Å². The van der Waals surface area contributed by atoms with Crippen LogP contribution in [0.15, 0.2) is 51.7 Å². The summed E-state index contributed by atoms with van der Waals surface area (Å²) in [6.07, 6.45) is 0. The second-order valence-corrected chi connectivity index (χ2v) is 5.14. The first-order chi connectivity index (χ1) is 12.0. The minimum absolute atomic E-state index is 0.0494. The summed E-state index contributed by atoms with van der Waals surface area (Å²) < 4.78 is 11.2. The number of ether oxygens (including phenoxy) is 1. The first-order valence-electron chi connectivity index (χ1n) is 7.19. The van der Waals surface area contributed by atoms with Crippen LogP contribution in [0, 0.1) is 10.1 Å². The van der Waals surface area contributed by atoms with E-state index in [0.29, 0.717) is 17.0 Å². The van der Waals surface area contributed by atoms with Gasteiger partial charge < -0.3 is 14.5 Å². The number of benzene rings is 2. The van der Waals surface area contributed by atoms with Crippen molar-refractivity contribution in [1.29, 1.82) is 0 Å². The first-order valence-corrected chi connectivity index (χ1v) is 7.19. The minimum atomic E-state index is -0.767. The molecule has 0 atom stereocenters. The molecule has 0 saturated carbocycles. The summed E-state index contributed by atoms with van der Waals surface area (Å²) in [5.74, 6) is -0.635. The smallest absolute Gasteiger partial charge is 0.420 e. The molecule has 0 aliphatic carbocycles. The van der Waals surface area contributed by atoms with E-state index in [2.05, 4.69) is 5.32 Å². The molecule has 0 aliphatic heterocycles. The Labute approximate surface area is 140 Å². The van der Waals surface area contributed by atoms with Crippen LogP contribution < -0.4 is 15.8 Å². The molecule has 0 radical (unpaired) electrons. The summed E-state index contributed by atoms with van der Waals surface area (Å²) in [4.78, 5) is 34.3. The minimum Gasteiger partial charge on any atom is -0.497 e. The van der Waals surface area contributed by atoms with E-state index in [1.165, 1.54) is 19.2 Å². The van der Waals surface area contributed by atoms with E-state index in [0.717, 1.165) is 10.6 Å². The maximum absolute atomic E-state index is 12.2. The Balaban J connectivity index is 1.84. The number of carbonyl (C=O) groups is 1. The normalized spacial score (nSPS) is 10.6. The zero-order valence-corrected chi connectivity index (χ0v) is 13.1. The highest BCUT2D eigenvalue weighted by atomic mass is 16.6. The Bertz CT molecular complexity index is 1020. The largest absolute Gasteiger partial charge is 0.497 e. The topological polar surface area (TPSA) is 117 Å². The standard InChI is InChI=1S/C16H13N3O6/c1-24-12-4-2-3-10(7-12)17-15(20)9-18-13-6-5-11(19(22)23)8-14(13)25-16(18)21/h2-8H,9H2,1H3,(H,17,20). The molecule has 1 N–H and O–H groups in total. The van der Waals surface area contributed by atoms with Crippen LogP contribution in [0.3, 0.4) is 0 Å². The Morgan fingerprint density at radius 2 is 2.12 bits per heavy atom. The number of hydrogen-bond acceptors (Lipinski definition) is 6. The zero-order chi connectivity index (χ0) is 18.0. The number of nitrogens with zero attached hydrogens (tertiary/aromatic N) is 2. The van der Waals surface area contributed by atoms with Gasteiger partial charge in [0.05, 0.1) is 23.6 Å². The fourth-order valence-electron chi connectivity index (χ4n) is 2.36. The molecule has 1 amide bonds. The lowest BCUT2D eigenvalue weighted by Crippen LogP contribution is -2.24. The highest BCUT2D eigenvalue weighted by molar-refractivity contribution is 5.91. The number of nitro groups is 1. The molecule has 128 valence electrons. The van der Waals surface area contributed by atoms with Crippen LogP contribution in [-0.4, -0.2) is 22.5 Å². The van der Waals surface area contributed by atoms with Crippen molar-refractivity contribution in [3.8, 4) is 5.75 Å². The lowest BCUT2D eigenvalue weighted by atomic mass is 10.3. The number of rotatable bonds is 5. The number of nitro benzene ring substituents is 1. The van der Waals surface area contributed by atoms with Crippen LogP contribution in [-0.2, 0) is 11.3 Å². The summed E-state index contributed by atoms with van der Waals surface area (Å²) in [7, 11) is 1.51. The molecule has 9 heteroatoms. The van der Waals surface area contributed by atoms with Gasteiger partial charge in [-0.1, -0.05) is 6.07 Å². The molecule has 1 aromatic heterocycles. The monoisotopic (exact) mass is 343 g/mol. The number of anilines is 1. The van der Waals surface area contributed by atoms with Crippen molar-refractivity contribution in [3.05, 3.63) is 63.1 Å². The van der Waals surface area contributed by atoms with Crippen LogP contribution >= 0.6 is 0 Å². The molecule has 1 heterocycles. The predicted octanol–water partition coefficient (Wildman–Crippen LogP) is 2.15. The van der Waals surface area contributed by atoms with Crippen LogP contribution in [0.5, 0.6) is 5.75 Å². The predicted molar refractivity (Wildman–Crippen MR) is 88.8 cm³/mol. The van der Waals surface area contributed by atoms with Gasteiger partial charge in [0.25, 0.3) is 5.69 Å². The molecule has 3 rings (SSSR count). The maximum atomic E-state index is 12.2. The average Bonchev–Trinajstić information content (AvgIpc) is 2.89. The number of non-ortho nitro benzene ring substituents is 1. The molecule has 0 spiro atoms. The number of amides is 1. The maximum Gasteiger partial charge on any atom is 0.420 e. The fraction of sp³-hybridized carbons (Fsp3) is 0.125. The zero-order valence-electron chi connectivity index (χ0n) is 13.1. The number of methoxy groups -OCH3 is 1. The molecular formula is C16H13N3O6. The number of carbonyl (C=O) groups excluding carboxylic acids is 1. The molecule has 0 fully saturated rings. The van der Waals surface area contributed by atoms with E-state index in [1.807, 2.05) is 0 Å². The fourth-order valence-corrected chi connectivity index (χ4v) is 2.36. The van der Waals surface area contributed by atoms with E-state index in [4.69, 9.17) is 9.15 Å². The molecule has 25 heavy (non-hydrogen) atoms. The van der Waals surface area contributed by atoms with Crippen molar-refractivity contribution >= 4 is 28.4 Å². The Hall–Kier alpha value is -3.62. The highest BCUT2D eigenvalue weighted by Gasteiger charge is 2.16. The van der Waals surface area contributed by atoms with Crippen molar-refractivity contribution in [2.75, 3.05) is 12.4 Å². The van der Waals surface area contributed by atoms with Crippen LogP contribution in [0.2, 0.25) is 0 Å². The van der Waals surface area contributed by atoms with E-state index in [1.54, 1.807) is 24.3 Å².